The lowest BCUT2D eigenvalue weighted by Gasteiger charge is -2.15. The third kappa shape index (κ3) is 4.05. The summed E-state index contributed by atoms with van der Waals surface area (Å²) >= 11 is 0. The molecular formula is C17H16O6S2. The second-order valence-corrected chi connectivity index (χ2v) is 7.96. The summed E-state index contributed by atoms with van der Waals surface area (Å²) in [4.78, 5) is -0.713. The average molecular weight is 380 g/mol. The van der Waals surface area contributed by atoms with E-state index in [1.165, 1.54) is 36.4 Å². The molecule has 0 amide bonds. The summed E-state index contributed by atoms with van der Waals surface area (Å²) in [7, 11) is -9.08. The summed E-state index contributed by atoms with van der Waals surface area (Å²) in [5.41, 5.74) is 1.16. The maximum atomic E-state index is 11.7. The van der Waals surface area contributed by atoms with E-state index in [4.69, 9.17) is 0 Å². The van der Waals surface area contributed by atoms with Crippen molar-refractivity contribution in [3.63, 3.8) is 0 Å². The zero-order chi connectivity index (χ0) is 18.8. The Morgan fingerprint density at radius 2 is 1.12 bits per heavy atom. The first-order valence-corrected chi connectivity index (χ1v) is 9.91. The molecule has 0 unspecified atom stereocenters. The topological polar surface area (TPSA) is 109 Å². The molecule has 0 saturated heterocycles. The molecule has 0 atom stereocenters. The van der Waals surface area contributed by atoms with Gasteiger partial charge in [-0.05, 0) is 34.4 Å². The van der Waals surface area contributed by atoms with E-state index in [1.807, 2.05) is 0 Å². The van der Waals surface area contributed by atoms with Crippen LogP contribution in [0.4, 0.5) is 0 Å². The first kappa shape index (κ1) is 19.1. The Balaban J connectivity index is 2.82. The molecule has 0 spiro atoms. The quantitative estimate of drug-likeness (QED) is 0.746. The number of benzene rings is 2. The van der Waals surface area contributed by atoms with Crippen LogP contribution in [0.2, 0.25) is 0 Å². The van der Waals surface area contributed by atoms with Gasteiger partial charge in [0.25, 0.3) is 20.2 Å². The van der Waals surface area contributed by atoms with Crippen molar-refractivity contribution in [3.8, 4) is 0 Å². The maximum absolute atomic E-state index is 11.7. The zero-order valence-corrected chi connectivity index (χ0v) is 14.7. The fourth-order valence-corrected chi connectivity index (χ4v) is 4.09. The Bertz CT molecular complexity index is 965. The van der Waals surface area contributed by atoms with Crippen LogP contribution < -0.4 is 0 Å². The standard InChI is InChI=1S/C17H16O6S2/c1-3-12-7-5-9-16(24(18,19)20)14(12)11-15-13(4-2)8-6-10-17(15)25(21,22)23/h3-10H,1-2,11H2,(H,18,19,20)(H,21,22,23). The second-order valence-electron chi connectivity index (χ2n) is 5.18. The van der Waals surface area contributed by atoms with Gasteiger partial charge in [0, 0.05) is 6.42 Å². The van der Waals surface area contributed by atoms with Gasteiger partial charge in [0.05, 0.1) is 9.79 Å². The molecular weight excluding hydrogens is 364 g/mol. The number of hydrogen-bond acceptors (Lipinski definition) is 4. The third-order valence-corrected chi connectivity index (χ3v) is 5.56. The van der Waals surface area contributed by atoms with Crippen molar-refractivity contribution < 1.29 is 25.9 Å². The number of rotatable bonds is 6. The first-order valence-electron chi connectivity index (χ1n) is 7.03. The van der Waals surface area contributed by atoms with Crippen LogP contribution in [0, 0.1) is 0 Å². The minimum Gasteiger partial charge on any atom is -0.282 e. The van der Waals surface area contributed by atoms with Crippen LogP contribution in [0.5, 0.6) is 0 Å². The third-order valence-electron chi connectivity index (χ3n) is 3.69. The highest BCUT2D eigenvalue weighted by Crippen LogP contribution is 2.29. The molecule has 0 fully saturated rings. The highest BCUT2D eigenvalue weighted by molar-refractivity contribution is 7.86. The summed E-state index contributed by atoms with van der Waals surface area (Å²) in [6, 6.07) is 8.46. The highest BCUT2D eigenvalue weighted by Gasteiger charge is 2.22. The van der Waals surface area contributed by atoms with Gasteiger partial charge in [-0.15, -0.1) is 0 Å². The van der Waals surface area contributed by atoms with Gasteiger partial charge >= 0.3 is 0 Å². The Morgan fingerprint density at radius 1 is 0.760 bits per heavy atom. The Kier molecular flexibility index (Phi) is 5.28. The lowest BCUT2D eigenvalue weighted by Crippen LogP contribution is -2.10. The predicted octanol–water partition coefficient (Wildman–Crippen LogP) is 3.06. The van der Waals surface area contributed by atoms with Crippen molar-refractivity contribution in [3.05, 3.63) is 71.8 Å². The molecule has 0 aliphatic heterocycles. The SMILES string of the molecule is C=Cc1cccc(S(=O)(=O)O)c1Cc1c(C=C)cccc1S(=O)(=O)O. The van der Waals surface area contributed by atoms with E-state index in [0.29, 0.717) is 11.1 Å². The van der Waals surface area contributed by atoms with Crippen molar-refractivity contribution in [2.75, 3.05) is 0 Å². The smallest absolute Gasteiger partial charge is 0.282 e. The molecule has 0 aromatic heterocycles. The molecule has 0 radical (unpaired) electrons. The van der Waals surface area contributed by atoms with Crippen molar-refractivity contribution in [2.45, 2.75) is 16.2 Å². The van der Waals surface area contributed by atoms with Crippen LogP contribution >= 0.6 is 0 Å². The summed E-state index contributed by atoms with van der Waals surface area (Å²) in [6.07, 6.45) is 2.62. The van der Waals surface area contributed by atoms with Crippen molar-refractivity contribution in [2.24, 2.45) is 0 Å². The summed E-state index contributed by atoms with van der Waals surface area (Å²) in [5, 5.41) is 0. The summed E-state index contributed by atoms with van der Waals surface area (Å²) < 4.78 is 65.7. The lowest BCUT2D eigenvalue weighted by molar-refractivity contribution is 0.481. The van der Waals surface area contributed by atoms with Crippen LogP contribution in [-0.4, -0.2) is 25.9 Å². The monoisotopic (exact) mass is 380 g/mol. The molecule has 2 aromatic carbocycles. The lowest BCUT2D eigenvalue weighted by atomic mass is 9.96. The van der Waals surface area contributed by atoms with E-state index < -0.39 is 20.2 Å². The Morgan fingerprint density at radius 3 is 1.40 bits per heavy atom. The highest BCUT2D eigenvalue weighted by atomic mass is 32.2. The fraction of sp³-hybridized carbons (Fsp3) is 0.0588. The summed E-state index contributed by atoms with van der Waals surface area (Å²) in [5.74, 6) is 0. The van der Waals surface area contributed by atoms with Crippen LogP contribution in [0.3, 0.4) is 0 Å². The van der Waals surface area contributed by atoms with Gasteiger partial charge < -0.3 is 0 Å². The molecule has 8 heteroatoms. The van der Waals surface area contributed by atoms with Gasteiger partial charge in [-0.2, -0.15) is 16.8 Å². The molecule has 0 aliphatic rings. The first-order chi connectivity index (χ1) is 11.6. The zero-order valence-electron chi connectivity index (χ0n) is 13.1. The van der Waals surface area contributed by atoms with Gasteiger partial charge in [-0.1, -0.05) is 49.6 Å². The normalized spacial score (nSPS) is 11.9. The van der Waals surface area contributed by atoms with Crippen LogP contribution in [0.15, 0.2) is 59.3 Å². The minimum absolute atomic E-state index is 0.166. The fourth-order valence-electron chi connectivity index (χ4n) is 2.59. The van der Waals surface area contributed by atoms with Crippen molar-refractivity contribution in [1.82, 2.24) is 0 Å². The predicted molar refractivity (Wildman–Crippen MR) is 95.5 cm³/mol. The Labute approximate surface area is 146 Å². The minimum atomic E-state index is -4.54. The molecule has 0 saturated carbocycles. The van der Waals surface area contributed by atoms with Crippen LogP contribution in [0.25, 0.3) is 12.2 Å². The van der Waals surface area contributed by atoms with E-state index in [0.717, 1.165) is 0 Å². The van der Waals surface area contributed by atoms with Gasteiger partial charge in [0.15, 0.2) is 0 Å². The maximum Gasteiger partial charge on any atom is 0.294 e. The number of hydrogen-bond donors (Lipinski definition) is 2. The molecule has 0 aliphatic carbocycles. The van der Waals surface area contributed by atoms with Crippen LogP contribution in [0.1, 0.15) is 22.3 Å². The second kappa shape index (κ2) is 6.93. The molecule has 6 nitrogen and oxygen atoms in total. The molecule has 132 valence electrons. The molecule has 0 heterocycles. The van der Waals surface area contributed by atoms with E-state index in [-0.39, 0.29) is 27.3 Å². The molecule has 25 heavy (non-hydrogen) atoms. The average Bonchev–Trinajstić information content (AvgIpc) is 2.53. The van der Waals surface area contributed by atoms with E-state index in [9.17, 15) is 25.9 Å². The summed E-state index contributed by atoms with van der Waals surface area (Å²) in [6.45, 7) is 7.21. The molecule has 0 bridgehead atoms. The van der Waals surface area contributed by atoms with E-state index in [1.54, 1.807) is 12.1 Å². The van der Waals surface area contributed by atoms with Gasteiger partial charge in [0.2, 0.25) is 0 Å². The van der Waals surface area contributed by atoms with Crippen molar-refractivity contribution in [1.29, 1.82) is 0 Å². The van der Waals surface area contributed by atoms with E-state index >= 15 is 0 Å². The molecule has 2 aromatic rings. The van der Waals surface area contributed by atoms with Gasteiger partial charge in [0.1, 0.15) is 0 Å². The molecule has 2 N–H and O–H groups in total. The van der Waals surface area contributed by atoms with E-state index in [2.05, 4.69) is 13.2 Å². The van der Waals surface area contributed by atoms with Crippen LogP contribution in [-0.2, 0) is 26.7 Å². The van der Waals surface area contributed by atoms with Crippen molar-refractivity contribution >= 4 is 32.4 Å². The molecule has 2 rings (SSSR count). The van der Waals surface area contributed by atoms with Gasteiger partial charge in [-0.25, -0.2) is 0 Å². The Hall–Kier alpha value is -2.26. The van der Waals surface area contributed by atoms with Gasteiger partial charge in [-0.3, -0.25) is 9.11 Å². The largest absolute Gasteiger partial charge is 0.294 e.